The highest BCUT2D eigenvalue weighted by atomic mass is 14.9. The summed E-state index contributed by atoms with van der Waals surface area (Å²) < 4.78 is 0. The van der Waals surface area contributed by atoms with E-state index in [-0.39, 0.29) is 0 Å². The van der Waals surface area contributed by atoms with E-state index >= 15 is 0 Å². The van der Waals surface area contributed by atoms with Gasteiger partial charge in [0.05, 0.1) is 0 Å². The molecule has 1 heterocycles. The molecule has 0 radical (unpaired) electrons. The van der Waals surface area contributed by atoms with Gasteiger partial charge in [-0.3, -0.25) is 0 Å². The van der Waals surface area contributed by atoms with Crippen LogP contribution < -0.4 is 5.32 Å². The molecule has 0 bridgehead atoms. The molecule has 1 aliphatic heterocycles. The number of hydrogen-bond acceptors (Lipinski definition) is 1. The predicted octanol–water partition coefficient (Wildman–Crippen LogP) is 1.91. The Morgan fingerprint density at radius 3 is 2.89 bits per heavy atom. The molecule has 0 aromatic heterocycles. The van der Waals surface area contributed by atoms with Gasteiger partial charge in [0.15, 0.2) is 0 Å². The van der Waals surface area contributed by atoms with Crippen LogP contribution in [0.4, 0.5) is 0 Å². The molecule has 0 aromatic carbocycles. The maximum atomic E-state index is 3.37. The molecule has 0 amide bonds. The van der Waals surface area contributed by atoms with E-state index < -0.39 is 0 Å². The highest BCUT2D eigenvalue weighted by Crippen LogP contribution is 2.18. The van der Waals surface area contributed by atoms with Gasteiger partial charge in [0.1, 0.15) is 0 Å². The third-order valence-electron chi connectivity index (χ3n) is 2.05. The molecule has 1 N–H and O–H groups in total. The van der Waals surface area contributed by atoms with E-state index in [4.69, 9.17) is 0 Å². The second-order valence-electron chi connectivity index (χ2n) is 2.67. The maximum absolute atomic E-state index is 3.37. The molecule has 1 atom stereocenters. The molecule has 1 aliphatic rings. The fourth-order valence-electron chi connectivity index (χ4n) is 1.24. The van der Waals surface area contributed by atoms with E-state index in [0.717, 1.165) is 5.92 Å². The molecule has 52 valence electrons. The summed E-state index contributed by atoms with van der Waals surface area (Å²) in [6.45, 7) is 5.54. The Hall–Kier alpha value is -0.460. The van der Waals surface area contributed by atoms with Crippen molar-refractivity contribution < 1.29 is 0 Å². The largest absolute Gasteiger partial charge is 0.388 e. The fraction of sp³-hybridized carbons (Fsp3) is 0.750. The highest BCUT2D eigenvalue weighted by Gasteiger charge is 2.14. The van der Waals surface area contributed by atoms with Crippen molar-refractivity contribution >= 4 is 0 Å². The summed E-state index contributed by atoms with van der Waals surface area (Å²) in [7, 11) is 0. The Kier molecular flexibility index (Phi) is 2.15. The molecule has 9 heavy (non-hydrogen) atoms. The topological polar surface area (TPSA) is 12.0 Å². The lowest BCUT2D eigenvalue weighted by Crippen LogP contribution is -2.07. The van der Waals surface area contributed by atoms with Gasteiger partial charge < -0.3 is 5.32 Å². The summed E-state index contributed by atoms with van der Waals surface area (Å²) in [5.41, 5.74) is 1.43. The SMILES string of the molecule is C/C=C1/CC(CC)CN1. The van der Waals surface area contributed by atoms with Crippen molar-refractivity contribution in [3.8, 4) is 0 Å². The van der Waals surface area contributed by atoms with Gasteiger partial charge in [-0.25, -0.2) is 0 Å². The second kappa shape index (κ2) is 2.90. The summed E-state index contributed by atoms with van der Waals surface area (Å²) in [4.78, 5) is 0. The Bertz CT molecular complexity index is 116. The molecule has 0 spiro atoms. The van der Waals surface area contributed by atoms with Crippen LogP contribution in [0, 0.1) is 5.92 Å². The minimum absolute atomic E-state index is 0.899. The first-order chi connectivity index (χ1) is 4.36. The normalized spacial score (nSPS) is 30.9. The van der Waals surface area contributed by atoms with Crippen LogP contribution in [-0.2, 0) is 0 Å². The summed E-state index contributed by atoms with van der Waals surface area (Å²) in [6.07, 6.45) is 4.76. The van der Waals surface area contributed by atoms with E-state index in [0.29, 0.717) is 0 Å². The first-order valence-corrected chi connectivity index (χ1v) is 3.75. The number of allylic oxidation sites excluding steroid dienone is 2. The van der Waals surface area contributed by atoms with Crippen LogP contribution in [0.2, 0.25) is 0 Å². The van der Waals surface area contributed by atoms with E-state index in [1.165, 1.54) is 25.1 Å². The monoisotopic (exact) mass is 125 g/mol. The van der Waals surface area contributed by atoms with Crippen LogP contribution in [0.25, 0.3) is 0 Å². The molecular weight excluding hydrogens is 110 g/mol. The van der Waals surface area contributed by atoms with Crippen molar-refractivity contribution in [1.82, 2.24) is 5.32 Å². The fourth-order valence-corrected chi connectivity index (χ4v) is 1.24. The molecule has 1 rings (SSSR count). The molecule has 0 saturated carbocycles. The standard InChI is InChI=1S/C8H15N/c1-3-7-5-8(4-2)9-6-7/h4,7,9H,3,5-6H2,1-2H3/b8-4-. The highest BCUT2D eigenvalue weighted by molar-refractivity contribution is 5.04. The summed E-state index contributed by atoms with van der Waals surface area (Å²) in [5, 5.41) is 3.37. The van der Waals surface area contributed by atoms with Crippen molar-refractivity contribution in [3.63, 3.8) is 0 Å². The lowest BCUT2D eigenvalue weighted by atomic mass is 10.1. The maximum Gasteiger partial charge on any atom is 0.0175 e. The van der Waals surface area contributed by atoms with Crippen LogP contribution in [0.15, 0.2) is 11.8 Å². The molecule has 1 nitrogen and oxygen atoms in total. The Morgan fingerprint density at radius 2 is 2.56 bits per heavy atom. The Labute approximate surface area is 57.1 Å². The van der Waals surface area contributed by atoms with Crippen molar-refractivity contribution in [3.05, 3.63) is 11.8 Å². The number of nitrogens with one attached hydrogen (secondary N) is 1. The molecule has 0 aromatic rings. The predicted molar refractivity (Wildman–Crippen MR) is 40.2 cm³/mol. The van der Waals surface area contributed by atoms with Gasteiger partial charge in [-0.15, -0.1) is 0 Å². The van der Waals surface area contributed by atoms with Crippen LogP contribution in [-0.4, -0.2) is 6.54 Å². The van der Waals surface area contributed by atoms with E-state index in [9.17, 15) is 0 Å². The smallest absolute Gasteiger partial charge is 0.0175 e. The van der Waals surface area contributed by atoms with Gasteiger partial charge in [-0.1, -0.05) is 19.4 Å². The van der Waals surface area contributed by atoms with Gasteiger partial charge in [0.2, 0.25) is 0 Å². The average molecular weight is 125 g/mol. The molecule has 0 aliphatic carbocycles. The zero-order chi connectivity index (χ0) is 6.69. The molecule has 1 saturated heterocycles. The molecule has 1 heteroatoms. The lowest BCUT2D eigenvalue weighted by molar-refractivity contribution is 0.566. The zero-order valence-electron chi connectivity index (χ0n) is 6.28. The third-order valence-corrected chi connectivity index (χ3v) is 2.05. The first kappa shape index (κ1) is 6.66. The van der Waals surface area contributed by atoms with Crippen molar-refractivity contribution in [1.29, 1.82) is 0 Å². The Balaban J connectivity index is 2.38. The first-order valence-electron chi connectivity index (χ1n) is 3.75. The number of hydrogen-bond donors (Lipinski definition) is 1. The minimum atomic E-state index is 0.899. The lowest BCUT2D eigenvalue weighted by Gasteiger charge is -1.98. The van der Waals surface area contributed by atoms with Crippen LogP contribution in [0.3, 0.4) is 0 Å². The second-order valence-corrected chi connectivity index (χ2v) is 2.67. The Morgan fingerprint density at radius 1 is 1.78 bits per heavy atom. The molecule has 1 fully saturated rings. The van der Waals surface area contributed by atoms with Crippen molar-refractivity contribution in [2.45, 2.75) is 26.7 Å². The molecular formula is C8H15N. The van der Waals surface area contributed by atoms with Gasteiger partial charge >= 0.3 is 0 Å². The van der Waals surface area contributed by atoms with Gasteiger partial charge in [-0.05, 0) is 19.3 Å². The van der Waals surface area contributed by atoms with E-state index in [1.807, 2.05) is 0 Å². The van der Waals surface area contributed by atoms with Crippen molar-refractivity contribution in [2.24, 2.45) is 5.92 Å². The van der Waals surface area contributed by atoms with Crippen molar-refractivity contribution in [2.75, 3.05) is 6.54 Å². The van der Waals surface area contributed by atoms with E-state index in [2.05, 4.69) is 25.2 Å². The van der Waals surface area contributed by atoms with E-state index in [1.54, 1.807) is 0 Å². The summed E-state index contributed by atoms with van der Waals surface area (Å²) in [5.74, 6) is 0.899. The summed E-state index contributed by atoms with van der Waals surface area (Å²) in [6, 6.07) is 0. The number of rotatable bonds is 1. The van der Waals surface area contributed by atoms with Gasteiger partial charge in [0, 0.05) is 12.2 Å². The van der Waals surface area contributed by atoms with Gasteiger partial charge in [0.25, 0.3) is 0 Å². The minimum Gasteiger partial charge on any atom is -0.388 e. The quantitative estimate of drug-likeness (QED) is 0.564. The average Bonchev–Trinajstić information content (AvgIpc) is 2.34. The van der Waals surface area contributed by atoms with Crippen LogP contribution in [0.5, 0.6) is 0 Å². The molecule has 1 unspecified atom stereocenters. The van der Waals surface area contributed by atoms with Crippen LogP contribution in [0.1, 0.15) is 26.7 Å². The third kappa shape index (κ3) is 1.47. The summed E-state index contributed by atoms with van der Waals surface area (Å²) >= 11 is 0. The van der Waals surface area contributed by atoms with Crippen LogP contribution >= 0.6 is 0 Å². The zero-order valence-corrected chi connectivity index (χ0v) is 6.28. The van der Waals surface area contributed by atoms with Gasteiger partial charge in [-0.2, -0.15) is 0 Å².